The van der Waals surface area contributed by atoms with Crippen LogP contribution in [-0.4, -0.2) is 12.5 Å². The van der Waals surface area contributed by atoms with E-state index < -0.39 is 5.91 Å². The standard InChI is InChI=1S/C26H20N2O2/c1-2-30-25-14-12-19-8-5-6-10-23(19)24(25)16-21(17-27)26(29)28-22-13-11-18-7-3-4-9-20(18)15-22/h3-16H,2H2,1H3,(H,28,29). The fraction of sp³-hybridized carbons (Fsp3) is 0.0769. The molecule has 0 radical (unpaired) electrons. The first-order valence-electron chi connectivity index (χ1n) is 9.76. The highest BCUT2D eigenvalue weighted by atomic mass is 16.5. The van der Waals surface area contributed by atoms with Crippen molar-refractivity contribution in [1.29, 1.82) is 5.26 Å². The zero-order valence-corrected chi connectivity index (χ0v) is 16.6. The molecule has 0 fully saturated rings. The lowest BCUT2D eigenvalue weighted by Gasteiger charge is -2.11. The van der Waals surface area contributed by atoms with Crippen molar-refractivity contribution in [3.05, 3.63) is 90.0 Å². The number of rotatable bonds is 5. The summed E-state index contributed by atoms with van der Waals surface area (Å²) in [6.07, 6.45) is 1.60. The van der Waals surface area contributed by atoms with Crippen LogP contribution in [0, 0.1) is 11.3 Å². The molecule has 4 aromatic rings. The summed E-state index contributed by atoms with van der Waals surface area (Å²) >= 11 is 0. The van der Waals surface area contributed by atoms with Gasteiger partial charge in [-0.25, -0.2) is 0 Å². The van der Waals surface area contributed by atoms with E-state index in [2.05, 4.69) is 5.32 Å². The molecule has 0 heterocycles. The number of carbonyl (C=O) groups is 1. The third-order valence-corrected chi connectivity index (χ3v) is 4.89. The van der Waals surface area contributed by atoms with Crippen LogP contribution in [0.3, 0.4) is 0 Å². The summed E-state index contributed by atoms with van der Waals surface area (Å²) in [5.41, 5.74) is 1.38. The van der Waals surface area contributed by atoms with Crippen LogP contribution in [0.5, 0.6) is 5.75 Å². The predicted octanol–water partition coefficient (Wildman–Crippen LogP) is 5.94. The molecule has 0 aliphatic carbocycles. The normalized spacial score (nSPS) is 11.3. The van der Waals surface area contributed by atoms with Gasteiger partial charge in [0.1, 0.15) is 17.4 Å². The number of hydrogen-bond donors (Lipinski definition) is 1. The number of ether oxygens (including phenoxy) is 1. The van der Waals surface area contributed by atoms with Crippen molar-refractivity contribution in [3.8, 4) is 11.8 Å². The zero-order valence-electron chi connectivity index (χ0n) is 16.6. The van der Waals surface area contributed by atoms with E-state index in [4.69, 9.17) is 4.74 Å². The first-order valence-corrected chi connectivity index (χ1v) is 9.76. The molecule has 4 heteroatoms. The van der Waals surface area contributed by atoms with Gasteiger partial charge >= 0.3 is 0 Å². The summed E-state index contributed by atoms with van der Waals surface area (Å²) < 4.78 is 5.75. The van der Waals surface area contributed by atoms with Crippen LogP contribution in [0.4, 0.5) is 5.69 Å². The first kappa shape index (κ1) is 19.2. The molecule has 30 heavy (non-hydrogen) atoms. The van der Waals surface area contributed by atoms with Gasteiger partial charge in [-0.1, -0.05) is 60.7 Å². The lowest BCUT2D eigenvalue weighted by molar-refractivity contribution is -0.112. The number of fused-ring (bicyclic) bond motifs is 2. The molecule has 0 saturated heterocycles. The number of anilines is 1. The second-order valence-electron chi connectivity index (χ2n) is 6.82. The van der Waals surface area contributed by atoms with E-state index in [1.165, 1.54) is 0 Å². The van der Waals surface area contributed by atoms with Gasteiger partial charge in [-0.2, -0.15) is 5.26 Å². The van der Waals surface area contributed by atoms with Crippen LogP contribution in [0.1, 0.15) is 12.5 Å². The van der Waals surface area contributed by atoms with Crippen molar-refractivity contribution in [2.45, 2.75) is 6.92 Å². The number of benzene rings is 4. The Hall–Kier alpha value is -4.10. The largest absolute Gasteiger partial charge is 0.493 e. The molecule has 0 aromatic heterocycles. The molecule has 0 aliphatic heterocycles. The average Bonchev–Trinajstić information content (AvgIpc) is 2.78. The predicted molar refractivity (Wildman–Crippen MR) is 121 cm³/mol. The van der Waals surface area contributed by atoms with Gasteiger partial charge in [-0.3, -0.25) is 4.79 Å². The van der Waals surface area contributed by atoms with E-state index in [1.807, 2.05) is 91.9 Å². The van der Waals surface area contributed by atoms with Gasteiger partial charge in [0.2, 0.25) is 0 Å². The molecule has 0 atom stereocenters. The summed E-state index contributed by atoms with van der Waals surface area (Å²) in [6.45, 7) is 2.39. The molecule has 146 valence electrons. The van der Waals surface area contributed by atoms with Crippen LogP contribution in [0.2, 0.25) is 0 Å². The maximum atomic E-state index is 12.8. The van der Waals surface area contributed by atoms with E-state index >= 15 is 0 Å². The van der Waals surface area contributed by atoms with Crippen LogP contribution >= 0.6 is 0 Å². The first-order chi connectivity index (χ1) is 14.7. The van der Waals surface area contributed by atoms with Gasteiger partial charge in [0.15, 0.2) is 0 Å². The number of carbonyl (C=O) groups excluding carboxylic acids is 1. The Labute approximate surface area is 175 Å². The number of nitrogens with zero attached hydrogens (tertiary/aromatic N) is 1. The third-order valence-electron chi connectivity index (χ3n) is 4.89. The van der Waals surface area contributed by atoms with E-state index in [9.17, 15) is 10.1 Å². The molecule has 0 saturated carbocycles. The molecule has 4 aromatic carbocycles. The summed E-state index contributed by atoms with van der Waals surface area (Å²) in [5, 5.41) is 16.6. The van der Waals surface area contributed by atoms with E-state index in [-0.39, 0.29) is 5.57 Å². The summed E-state index contributed by atoms with van der Waals surface area (Å²) in [6, 6.07) is 27.3. The Morgan fingerprint density at radius 2 is 1.67 bits per heavy atom. The van der Waals surface area contributed by atoms with Crippen LogP contribution in [-0.2, 0) is 4.79 Å². The quantitative estimate of drug-likeness (QED) is 0.338. The van der Waals surface area contributed by atoms with E-state index in [0.717, 1.165) is 27.1 Å². The average molecular weight is 392 g/mol. The fourth-order valence-electron chi connectivity index (χ4n) is 3.46. The number of nitrogens with one attached hydrogen (secondary N) is 1. The number of amides is 1. The monoisotopic (exact) mass is 392 g/mol. The minimum atomic E-state index is -0.455. The van der Waals surface area contributed by atoms with Crippen LogP contribution < -0.4 is 10.1 Å². The molecule has 0 bridgehead atoms. The minimum absolute atomic E-state index is 0.0143. The van der Waals surface area contributed by atoms with Crippen molar-refractivity contribution in [3.63, 3.8) is 0 Å². The molecular formula is C26H20N2O2. The molecule has 1 amide bonds. The summed E-state index contributed by atoms with van der Waals surface area (Å²) in [5.74, 6) is 0.186. The highest BCUT2D eigenvalue weighted by Gasteiger charge is 2.14. The summed E-state index contributed by atoms with van der Waals surface area (Å²) in [4.78, 5) is 12.8. The maximum Gasteiger partial charge on any atom is 0.266 e. The van der Waals surface area contributed by atoms with Crippen molar-refractivity contribution in [1.82, 2.24) is 0 Å². The van der Waals surface area contributed by atoms with Crippen molar-refractivity contribution < 1.29 is 9.53 Å². The van der Waals surface area contributed by atoms with Crippen molar-refractivity contribution >= 4 is 39.2 Å². The number of hydrogen-bond acceptors (Lipinski definition) is 3. The van der Waals surface area contributed by atoms with Gasteiger partial charge in [0.25, 0.3) is 5.91 Å². The fourth-order valence-corrected chi connectivity index (χ4v) is 3.46. The minimum Gasteiger partial charge on any atom is -0.493 e. The van der Waals surface area contributed by atoms with E-state index in [1.54, 1.807) is 6.08 Å². The van der Waals surface area contributed by atoms with Crippen LogP contribution in [0.15, 0.2) is 84.4 Å². The SMILES string of the molecule is CCOc1ccc2ccccc2c1C=C(C#N)C(=O)Nc1ccc2ccccc2c1. The molecule has 1 N–H and O–H groups in total. The van der Waals surface area contributed by atoms with Gasteiger partial charge in [-0.15, -0.1) is 0 Å². The molecule has 4 rings (SSSR count). The Morgan fingerprint density at radius 1 is 0.967 bits per heavy atom. The van der Waals surface area contributed by atoms with Gasteiger partial charge < -0.3 is 10.1 Å². The van der Waals surface area contributed by atoms with Gasteiger partial charge in [-0.05, 0) is 52.7 Å². The molecule has 0 unspecified atom stereocenters. The van der Waals surface area contributed by atoms with Gasteiger partial charge in [0, 0.05) is 11.3 Å². The molecular weight excluding hydrogens is 372 g/mol. The Balaban J connectivity index is 1.71. The molecule has 0 spiro atoms. The van der Waals surface area contributed by atoms with Crippen LogP contribution in [0.25, 0.3) is 27.6 Å². The lowest BCUT2D eigenvalue weighted by Crippen LogP contribution is -2.13. The van der Waals surface area contributed by atoms with Crippen molar-refractivity contribution in [2.75, 3.05) is 11.9 Å². The molecule has 0 aliphatic rings. The maximum absolute atomic E-state index is 12.8. The van der Waals surface area contributed by atoms with E-state index in [0.29, 0.717) is 18.0 Å². The molecule has 4 nitrogen and oxygen atoms in total. The second-order valence-corrected chi connectivity index (χ2v) is 6.82. The number of nitriles is 1. The third kappa shape index (κ3) is 3.87. The summed E-state index contributed by atoms with van der Waals surface area (Å²) in [7, 11) is 0. The smallest absolute Gasteiger partial charge is 0.266 e. The Bertz CT molecular complexity index is 1320. The topological polar surface area (TPSA) is 62.1 Å². The Morgan fingerprint density at radius 3 is 2.43 bits per heavy atom. The zero-order chi connectivity index (χ0) is 20.9. The highest BCUT2D eigenvalue weighted by molar-refractivity contribution is 6.11. The van der Waals surface area contributed by atoms with Crippen molar-refractivity contribution in [2.24, 2.45) is 0 Å². The Kier molecular flexibility index (Phi) is 5.45. The lowest BCUT2D eigenvalue weighted by atomic mass is 10.0. The van der Waals surface area contributed by atoms with Gasteiger partial charge in [0.05, 0.1) is 6.61 Å². The highest BCUT2D eigenvalue weighted by Crippen LogP contribution is 2.30. The second kappa shape index (κ2) is 8.50.